The molecule has 0 saturated heterocycles. The summed E-state index contributed by atoms with van der Waals surface area (Å²) in [4.78, 5) is 18.7. The quantitative estimate of drug-likeness (QED) is 0.606. The second kappa shape index (κ2) is 8.93. The van der Waals surface area contributed by atoms with Crippen LogP contribution in [0.2, 0.25) is 0 Å². The number of nitrogens with one attached hydrogen (secondary N) is 1. The zero-order valence-electron chi connectivity index (χ0n) is 17.6. The summed E-state index contributed by atoms with van der Waals surface area (Å²) in [6, 6.07) is 5.64. The maximum Gasteiger partial charge on any atom is 0.417 e. The first-order valence-electron chi connectivity index (χ1n) is 9.69. The van der Waals surface area contributed by atoms with Gasteiger partial charge in [0.15, 0.2) is 5.82 Å². The van der Waals surface area contributed by atoms with Gasteiger partial charge in [0.1, 0.15) is 5.76 Å². The van der Waals surface area contributed by atoms with Gasteiger partial charge in [0.2, 0.25) is 0 Å². The molecule has 7 nitrogen and oxygen atoms in total. The second-order valence-corrected chi connectivity index (χ2v) is 7.62. The van der Waals surface area contributed by atoms with Crippen LogP contribution >= 0.6 is 0 Å². The van der Waals surface area contributed by atoms with E-state index >= 15 is 0 Å². The Labute approximate surface area is 177 Å². The third-order valence-electron chi connectivity index (χ3n) is 4.84. The molecule has 0 aliphatic carbocycles. The lowest BCUT2D eigenvalue weighted by molar-refractivity contribution is -0.137. The minimum atomic E-state index is -4.47. The molecule has 3 heterocycles. The average Bonchev–Trinajstić information content (AvgIpc) is 3.37. The molecule has 1 amide bonds. The Kier molecular flexibility index (Phi) is 6.49. The molecule has 31 heavy (non-hydrogen) atoms. The van der Waals surface area contributed by atoms with Crippen molar-refractivity contribution in [2.75, 3.05) is 20.6 Å². The maximum atomic E-state index is 12.9. The molecule has 0 aliphatic heterocycles. The Morgan fingerprint density at radius 1 is 1.23 bits per heavy atom. The molecule has 0 aromatic carbocycles. The van der Waals surface area contributed by atoms with Crippen LogP contribution in [-0.2, 0) is 6.18 Å². The first kappa shape index (κ1) is 22.5. The van der Waals surface area contributed by atoms with Crippen LogP contribution in [0.3, 0.4) is 0 Å². The van der Waals surface area contributed by atoms with Gasteiger partial charge in [0.05, 0.1) is 35.3 Å². The Bertz CT molecular complexity index is 1010. The summed E-state index contributed by atoms with van der Waals surface area (Å²) in [5.41, 5.74) is 0.0536. The van der Waals surface area contributed by atoms with Gasteiger partial charge in [-0.15, -0.1) is 0 Å². The third-order valence-corrected chi connectivity index (χ3v) is 4.84. The molecule has 0 bridgehead atoms. The Hall–Kier alpha value is -3.14. The number of halogens is 3. The van der Waals surface area contributed by atoms with Gasteiger partial charge in [0.25, 0.3) is 5.91 Å². The highest BCUT2D eigenvalue weighted by molar-refractivity contribution is 5.95. The Morgan fingerprint density at radius 2 is 1.97 bits per heavy atom. The molecule has 1 N–H and O–H groups in total. The van der Waals surface area contributed by atoms with Gasteiger partial charge in [0, 0.05) is 12.7 Å². The smallest absolute Gasteiger partial charge is 0.417 e. The van der Waals surface area contributed by atoms with E-state index in [-0.39, 0.29) is 23.7 Å². The number of hydrogen-bond donors (Lipinski definition) is 1. The fourth-order valence-corrected chi connectivity index (χ4v) is 3.25. The van der Waals surface area contributed by atoms with Gasteiger partial charge in [-0.2, -0.15) is 18.3 Å². The predicted octanol–water partition coefficient (Wildman–Crippen LogP) is 4.04. The van der Waals surface area contributed by atoms with Crippen LogP contribution in [-0.4, -0.2) is 46.2 Å². The standard InChI is InChI=1S/C21H24F3N5O2/c1-13(2)19-15(20(30)26-12-16(28(3)4)17-6-5-9-31-17)11-27-29(19)18-8-7-14(10-25-18)21(22,23)24/h5-11,13,16H,12H2,1-4H3,(H,26,30). The van der Waals surface area contributed by atoms with E-state index in [1.165, 1.54) is 16.9 Å². The Balaban J connectivity index is 1.84. The number of carbonyl (C=O) groups is 1. The molecular formula is C21H24F3N5O2. The average molecular weight is 435 g/mol. The van der Waals surface area contributed by atoms with Crippen molar-refractivity contribution in [2.45, 2.75) is 32.0 Å². The van der Waals surface area contributed by atoms with Crippen LogP contribution in [0, 0.1) is 0 Å². The monoisotopic (exact) mass is 435 g/mol. The molecule has 3 rings (SSSR count). The van der Waals surface area contributed by atoms with Crippen molar-refractivity contribution < 1.29 is 22.4 Å². The lowest BCUT2D eigenvalue weighted by atomic mass is 10.0. The first-order valence-corrected chi connectivity index (χ1v) is 9.69. The van der Waals surface area contributed by atoms with Gasteiger partial charge in [-0.05, 0) is 44.3 Å². The SMILES string of the molecule is CC(C)c1c(C(=O)NCC(c2ccco2)N(C)C)cnn1-c1ccc(C(F)(F)F)cn1. The van der Waals surface area contributed by atoms with E-state index in [9.17, 15) is 18.0 Å². The van der Waals surface area contributed by atoms with Crippen molar-refractivity contribution in [2.24, 2.45) is 0 Å². The van der Waals surface area contributed by atoms with Crippen LogP contribution in [0.15, 0.2) is 47.3 Å². The molecule has 3 aromatic heterocycles. The number of aromatic nitrogens is 3. The minimum Gasteiger partial charge on any atom is -0.468 e. The van der Waals surface area contributed by atoms with Crippen molar-refractivity contribution in [1.29, 1.82) is 0 Å². The van der Waals surface area contributed by atoms with Crippen LogP contribution in [0.1, 0.15) is 53.2 Å². The van der Waals surface area contributed by atoms with Crippen molar-refractivity contribution >= 4 is 5.91 Å². The topological polar surface area (TPSA) is 76.2 Å². The second-order valence-electron chi connectivity index (χ2n) is 7.62. The number of amides is 1. The molecule has 3 aromatic rings. The lowest BCUT2D eigenvalue weighted by Gasteiger charge is -2.22. The number of alkyl halides is 3. The van der Waals surface area contributed by atoms with Crippen molar-refractivity contribution in [3.05, 3.63) is 65.5 Å². The molecular weight excluding hydrogens is 411 g/mol. The zero-order valence-corrected chi connectivity index (χ0v) is 17.6. The normalized spacial score (nSPS) is 13.1. The highest BCUT2D eigenvalue weighted by Gasteiger charge is 2.31. The van der Waals surface area contributed by atoms with Crippen LogP contribution < -0.4 is 5.32 Å². The summed E-state index contributed by atoms with van der Waals surface area (Å²) in [5, 5.41) is 7.11. The van der Waals surface area contributed by atoms with E-state index in [4.69, 9.17) is 4.42 Å². The number of hydrogen-bond acceptors (Lipinski definition) is 5. The van der Waals surface area contributed by atoms with E-state index in [0.29, 0.717) is 17.8 Å². The van der Waals surface area contributed by atoms with Gasteiger partial charge in [-0.3, -0.25) is 9.69 Å². The summed E-state index contributed by atoms with van der Waals surface area (Å²) in [7, 11) is 3.76. The summed E-state index contributed by atoms with van der Waals surface area (Å²) in [6.45, 7) is 4.06. The van der Waals surface area contributed by atoms with Gasteiger partial charge >= 0.3 is 6.18 Å². The highest BCUT2D eigenvalue weighted by Crippen LogP contribution is 2.29. The fraction of sp³-hybridized carbons (Fsp3) is 0.381. The molecule has 0 saturated carbocycles. The van der Waals surface area contributed by atoms with Gasteiger partial charge < -0.3 is 9.73 Å². The Morgan fingerprint density at radius 3 is 2.48 bits per heavy atom. The van der Waals surface area contributed by atoms with E-state index < -0.39 is 11.7 Å². The number of rotatable bonds is 7. The van der Waals surface area contributed by atoms with E-state index in [0.717, 1.165) is 18.0 Å². The largest absolute Gasteiger partial charge is 0.468 e. The van der Waals surface area contributed by atoms with Crippen LogP contribution in [0.4, 0.5) is 13.2 Å². The van der Waals surface area contributed by atoms with E-state index in [1.54, 1.807) is 12.3 Å². The lowest BCUT2D eigenvalue weighted by Crippen LogP contribution is -2.34. The maximum absolute atomic E-state index is 12.9. The number of likely N-dealkylation sites (N-methyl/N-ethyl adjacent to an activating group) is 1. The third kappa shape index (κ3) is 4.96. The fourth-order valence-electron chi connectivity index (χ4n) is 3.25. The molecule has 1 atom stereocenters. The van der Waals surface area contributed by atoms with E-state index in [1.807, 2.05) is 38.9 Å². The minimum absolute atomic E-state index is 0.123. The number of furan rings is 1. The zero-order chi connectivity index (χ0) is 22.8. The summed E-state index contributed by atoms with van der Waals surface area (Å²) in [5.74, 6) is 0.471. The predicted molar refractivity (Wildman–Crippen MR) is 108 cm³/mol. The van der Waals surface area contributed by atoms with Crippen molar-refractivity contribution in [3.8, 4) is 5.82 Å². The number of nitrogens with zero attached hydrogens (tertiary/aromatic N) is 4. The molecule has 1 unspecified atom stereocenters. The van der Waals surface area contributed by atoms with Crippen LogP contribution in [0.25, 0.3) is 5.82 Å². The number of pyridine rings is 1. The van der Waals surface area contributed by atoms with Gasteiger partial charge in [-0.25, -0.2) is 9.67 Å². The molecule has 0 radical (unpaired) electrons. The molecule has 10 heteroatoms. The molecule has 0 spiro atoms. The summed E-state index contributed by atoms with van der Waals surface area (Å²) >= 11 is 0. The number of carbonyl (C=O) groups excluding carboxylic acids is 1. The van der Waals surface area contributed by atoms with Crippen molar-refractivity contribution in [1.82, 2.24) is 25.0 Å². The summed E-state index contributed by atoms with van der Waals surface area (Å²) in [6.07, 6.45) is -0.738. The van der Waals surface area contributed by atoms with Gasteiger partial charge in [-0.1, -0.05) is 13.8 Å². The van der Waals surface area contributed by atoms with Crippen LogP contribution in [0.5, 0.6) is 0 Å². The van der Waals surface area contributed by atoms with E-state index in [2.05, 4.69) is 15.4 Å². The molecule has 166 valence electrons. The molecule has 0 aliphatic rings. The first-order chi connectivity index (χ1) is 14.6. The highest BCUT2D eigenvalue weighted by atomic mass is 19.4. The summed E-state index contributed by atoms with van der Waals surface area (Å²) < 4.78 is 45.3. The van der Waals surface area contributed by atoms with Crippen molar-refractivity contribution in [3.63, 3.8) is 0 Å². The molecule has 0 fully saturated rings.